The molecule has 0 fully saturated rings. The molecule has 0 aliphatic rings. The molecule has 0 radical (unpaired) electrons. The van der Waals surface area contributed by atoms with Crippen LogP contribution in [0, 0.1) is 0 Å². The molecule has 1 N–H and O–H groups in total. The van der Waals surface area contributed by atoms with Crippen LogP contribution in [0.25, 0.3) is 0 Å². The van der Waals surface area contributed by atoms with Gasteiger partial charge in [0.1, 0.15) is 0 Å². The number of nitrogens with zero attached hydrogens (tertiary/aromatic N) is 3. The van der Waals surface area contributed by atoms with Crippen molar-refractivity contribution in [1.82, 2.24) is 15.2 Å². The van der Waals surface area contributed by atoms with Crippen LogP contribution in [0.1, 0.15) is 23.8 Å². The highest BCUT2D eigenvalue weighted by Crippen LogP contribution is 1.97. The van der Waals surface area contributed by atoms with Crippen molar-refractivity contribution in [2.24, 2.45) is 0 Å². The summed E-state index contributed by atoms with van der Waals surface area (Å²) in [5.74, 6) is -0.174. The minimum Gasteiger partial charge on any atom is -0.410 e. The van der Waals surface area contributed by atoms with Gasteiger partial charge in [-0.05, 0) is 5.21 Å². The summed E-state index contributed by atoms with van der Waals surface area (Å²) in [5.41, 5.74) is 0.127. The lowest BCUT2D eigenvalue weighted by Crippen LogP contribution is -2.06. The molecule has 0 aliphatic heterocycles. The first-order chi connectivity index (χ1) is 4.75. The molecular weight excluding hydrogens is 134 g/mol. The van der Waals surface area contributed by atoms with E-state index in [1.165, 1.54) is 6.20 Å². The van der Waals surface area contributed by atoms with Gasteiger partial charge in [-0.15, -0.1) is 5.10 Å². The van der Waals surface area contributed by atoms with Crippen molar-refractivity contribution >= 4 is 5.78 Å². The van der Waals surface area contributed by atoms with E-state index in [1.807, 2.05) is 0 Å². The SMILES string of the molecule is CCC(=O)c1cnnn1O. The summed E-state index contributed by atoms with van der Waals surface area (Å²) in [5, 5.41) is 15.3. The van der Waals surface area contributed by atoms with E-state index >= 15 is 0 Å². The first kappa shape index (κ1) is 6.73. The number of ketones is 1. The van der Waals surface area contributed by atoms with Gasteiger partial charge >= 0.3 is 0 Å². The smallest absolute Gasteiger partial charge is 0.185 e. The molecule has 0 unspecified atom stereocenters. The second-order valence-electron chi connectivity index (χ2n) is 1.79. The normalized spacial score (nSPS) is 9.70. The lowest BCUT2D eigenvalue weighted by molar-refractivity contribution is 0.0899. The zero-order valence-electron chi connectivity index (χ0n) is 5.48. The molecule has 1 heterocycles. The number of aromatic nitrogens is 3. The van der Waals surface area contributed by atoms with Crippen LogP contribution in [0.2, 0.25) is 0 Å². The lowest BCUT2D eigenvalue weighted by Gasteiger charge is -1.91. The average Bonchev–Trinajstić information content (AvgIpc) is 2.34. The highest BCUT2D eigenvalue weighted by Gasteiger charge is 2.09. The Hall–Kier alpha value is -1.39. The quantitative estimate of drug-likeness (QED) is 0.468. The first-order valence-electron chi connectivity index (χ1n) is 2.89. The Kier molecular flexibility index (Phi) is 1.66. The predicted octanol–water partition coefficient (Wildman–Crippen LogP) is 0.108. The summed E-state index contributed by atoms with van der Waals surface area (Å²) in [6, 6.07) is 0. The molecule has 1 aromatic heterocycles. The van der Waals surface area contributed by atoms with Crippen molar-refractivity contribution in [1.29, 1.82) is 0 Å². The van der Waals surface area contributed by atoms with Crippen molar-refractivity contribution in [3.05, 3.63) is 11.9 Å². The molecule has 0 bridgehead atoms. The fourth-order valence-electron chi connectivity index (χ4n) is 0.594. The van der Waals surface area contributed by atoms with Gasteiger partial charge in [-0.1, -0.05) is 11.8 Å². The number of hydrogen-bond donors (Lipinski definition) is 1. The molecule has 1 rings (SSSR count). The van der Waals surface area contributed by atoms with Crippen LogP contribution in [-0.4, -0.2) is 26.1 Å². The third-order valence-electron chi connectivity index (χ3n) is 1.14. The van der Waals surface area contributed by atoms with Gasteiger partial charge in [0.15, 0.2) is 11.5 Å². The molecule has 0 aliphatic carbocycles. The maximum atomic E-state index is 10.8. The van der Waals surface area contributed by atoms with E-state index in [4.69, 9.17) is 5.21 Å². The fraction of sp³-hybridized carbons (Fsp3) is 0.400. The average molecular weight is 141 g/mol. The van der Waals surface area contributed by atoms with Crippen LogP contribution in [0.3, 0.4) is 0 Å². The van der Waals surface area contributed by atoms with E-state index in [9.17, 15) is 4.79 Å². The minimum atomic E-state index is -0.174. The standard InChI is InChI=1S/C5H7N3O2/c1-2-5(9)4-3-6-7-8(4)10/h3,10H,2H2,1H3. The molecule has 0 amide bonds. The maximum absolute atomic E-state index is 10.8. The van der Waals surface area contributed by atoms with E-state index in [2.05, 4.69) is 10.3 Å². The van der Waals surface area contributed by atoms with E-state index in [1.54, 1.807) is 6.92 Å². The first-order valence-corrected chi connectivity index (χ1v) is 2.89. The highest BCUT2D eigenvalue weighted by molar-refractivity contribution is 5.93. The van der Waals surface area contributed by atoms with Crippen LogP contribution in [0.4, 0.5) is 0 Å². The molecule has 5 heteroatoms. The van der Waals surface area contributed by atoms with E-state index in [0.717, 1.165) is 0 Å². The lowest BCUT2D eigenvalue weighted by atomic mass is 10.2. The van der Waals surface area contributed by atoms with E-state index in [-0.39, 0.29) is 11.5 Å². The Balaban J connectivity index is 2.93. The van der Waals surface area contributed by atoms with Crippen molar-refractivity contribution in [3.8, 4) is 0 Å². The second-order valence-corrected chi connectivity index (χ2v) is 1.79. The zero-order chi connectivity index (χ0) is 7.56. The summed E-state index contributed by atoms with van der Waals surface area (Å²) in [7, 11) is 0. The van der Waals surface area contributed by atoms with Crippen molar-refractivity contribution < 1.29 is 10.0 Å². The fourth-order valence-corrected chi connectivity index (χ4v) is 0.594. The predicted molar refractivity (Wildman–Crippen MR) is 31.8 cm³/mol. The summed E-state index contributed by atoms with van der Waals surface area (Å²) in [4.78, 5) is 11.3. The highest BCUT2D eigenvalue weighted by atomic mass is 16.5. The summed E-state index contributed by atoms with van der Waals surface area (Å²) in [6.07, 6.45) is 1.57. The van der Waals surface area contributed by atoms with Gasteiger partial charge < -0.3 is 5.21 Å². The molecule has 0 aromatic carbocycles. The number of rotatable bonds is 2. The number of hydrogen-bond acceptors (Lipinski definition) is 4. The summed E-state index contributed by atoms with van der Waals surface area (Å²) < 4.78 is 0. The second kappa shape index (κ2) is 2.47. The van der Waals surface area contributed by atoms with Crippen molar-refractivity contribution in [3.63, 3.8) is 0 Å². The molecule has 1 aromatic rings. The van der Waals surface area contributed by atoms with Crippen LogP contribution >= 0.6 is 0 Å². The van der Waals surface area contributed by atoms with Crippen LogP contribution < -0.4 is 0 Å². The number of Topliss-reactive ketones (excluding diaryl/α,β-unsaturated/α-hetero) is 1. The number of carbonyl (C=O) groups excluding carboxylic acids is 1. The molecule has 0 atom stereocenters. The summed E-state index contributed by atoms with van der Waals surface area (Å²) in [6.45, 7) is 1.70. The van der Waals surface area contributed by atoms with Crippen LogP contribution in [0.15, 0.2) is 6.20 Å². The Morgan fingerprint density at radius 2 is 2.60 bits per heavy atom. The van der Waals surface area contributed by atoms with Gasteiger partial charge in [-0.3, -0.25) is 4.79 Å². The molecule has 0 spiro atoms. The van der Waals surface area contributed by atoms with Crippen molar-refractivity contribution in [2.75, 3.05) is 0 Å². The Morgan fingerprint density at radius 1 is 1.90 bits per heavy atom. The Labute approximate surface area is 57.2 Å². The maximum Gasteiger partial charge on any atom is 0.185 e. The van der Waals surface area contributed by atoms with E-state index in [0.29, 0.717) is 11.3 Å². The third-order valence-corrected chi connectivity index (χ3v) is 1.14. The molecular formula is C5H7N3O2. The Bertz CT molecular complexity index is 243. The van der Waals surface area contributed by atoms with E-state index < -0.39 is 0 Å². The van der Waals surface area contributed by atoms with Gasteiger partial charge in [0.25, 0.3) is 0 Å². The topological polar surface area (TPSA) is 68.0 Å². The van der Waals surface area contributed by atoms with Gasteiger partial charge in [0, 0.05) is 6.42 Å². The van der Waals surface area contributed by atoms with Gasteiger partial charge in [-0.2, -0.15) is 0 Å². The Morgan fingerprint density at radius 3 is 3.00 bits per heavy atom. The van der Waals surface area contributed by atoms with Crippen LogP contribution in [0.5, 0.6) is 0 Å². The number of carbonyl (C=O) groups is 1. The van der Waals surface area contributed by atoms with Crippen LogP contribution in [-0.2, 0) is 0 Å². The molecule has 10 heavy (non-hydrogen) atoms. The minimum absolute atomic E-state index is 0.127. The zero-order valence-corrected chi connectivity index (χ0v) is 5.48. The summed E-state index contributed by atoms with van der Waals surface area (Å²) >= 11 is 0. The molecule has 54 valence electrons. The molecule has 0 saturated carbocycles. The monoisotopic (exact) mass is 141 g/mol. The molecule has 5 nitrogen and oxygen atoms in total. The van der Waals surface area contributed by atoms with Crippen molar-refractivity contribution in [2.45, 2.75) is 13.3 Å². The van der Waals surface area contributed by atoms with Gasteiger partial charge in [0.2, 0.25) is 0 Å². The largest absolute Gasteiger partial charge is 0.410 e. The van der Waals surface area contributed by atoms with Gasteiger partial charge in [0.05, 0.1) is 6.20 Å². The third kappa shape index (κ3) is 0.975. The van der Waals surface area contributed by atoms with Gasteiger partial charge in [-0.25, -0.2) is 0 Å². The molecule has 0 saturated heterocycles.